The summed E-state index contributed by atoms with van der Waals surface area (Å²) >= 11 is 0. The lowest BCUT2D eigenvalue weighted by Crippen LogP contribution is -2.37. The van der Waals surface area contributed by atoms with Crippen LogP contribution in [0.15, 0.2) is 18.2 Å². The van der Waals surface area contributed by atoms with Crippen LogP contribution < -0.4 is 15.2 Å². The molecule has 1 rings (SSSR count). The molecule has 0 radical (unpaired) electrons. The summed E-state index contributed by atoms with van der Waals surface area (Å²) in [5.41, 5.74) is 6.60. The van der Waals surface area contributed by atoms with Crippen LogP contribution in [-0.2, 0) is 35.0 Å². The Morgan fingerprint density at radius 3 is 2.00 bits per heavy atom. The van der Waals surface area contributed by atoms with Gasteiger partial charge in [-0.15, -0.1) is 0 Å². The highest BCUT2D eigenvalue weighted by atomic mass is 16.7. The third-order valence-electron chi connectivity index (χ3n) is 5.69. The number of ether oxygens (including phenoxy) is 5. The van der Waals surface area contributed by atoms with Gasteiger partial charge in [0.25, 0.3) is 0 Å². The maximum Gasteiger partial charge on any atom is 0.508 e. The van der Waals surface area contributed by atoms with Crippen molar-refractivity contribution in [2.75, 3.05) is 13.2 Å². The molecular formula is C27H41NO9. The molecule has 0 spiro atoms. The van der Waals surface area contributed by atoms with Crippen LogP contribution in [0, 0.1) is 11.8 Å². The number of carbonyl (C=O) groups excluding carboxylic acids is 4. The Morgan fingerprint density at radius 2 is 1.43 bits per heavy atom. The van der Waals surface area contributed by atoms with Gasteiger partial charge in [0.1, 0.15) is 18.8 Å². The average Bonchev–Trinajstić information content (AvgIpc) is 2.87. The molecule has 2 N–H and O–H groups in total. The van der Waals surface area contributed by atoms with Crippen molar-refractivity contribution in [3.05, 3.63) is 23.8 Å². The maximum absolute atomic E-state index is 12.5. The van der Waals surface area contributed by atoms with E-state index in [0.717, 1.165) is 12.8 Å². The molecule has 1 aromatic rings. The predicted octanol–water partition coefficient (Wildman–Crippen LogP) is 4.34. The van der Waals surface area contributed by atoms with Gasteiger partial charge in [0.15, 0.2) is 11.5 Å². The normalized spacial score (nSPS) is 14.0. The van der Waals surface area contributed by atoms with Gasteiger partial charge in [0.05, 0.1) is 18.4 Å². The fourth-order valence-corrected chi connectivity index (χ4v) is 2.78. The van der Waals surface area contributed by atoms with Gasteiger partial charge in [0.2, 0.25) is 0 Å². The molecule has 208 valence electrons. The summed E-state index contributed by atoms with van der Waals surface area (Å²) in [7, 11) is 0. The van der Waals surface area contributed by atoms with Gasteiger partial charge < -0.3 is 29.4 Å². The Balaban J connectivity index is 2.83. The lowest BCUT2D eigenvalue weighted by molar-refractivity contribution is -0.152. The first-order valence-corrected chi connectivity index (χ1v) is 12.8. The topological polar surface area (TPSA) is 140 Å². The zero-order chi connectivity index (χ0) is 28.0. The Kier molecular flexibility index (Phi) is 14.3. The largest absolute Gasteiger partial charge is 0.508 e. The van der Waals surface area contributed by atoms with Gasteiger partial charge in [-0.05, 0) is 50.3 Å². The smallest absolute Gasteiger partial charge is 0.458 e. The Morgan fingerprint density at radius 1 is 0.838 bits per heavy atom. The molecule has 10 heteroatoms. The minimum atomic E-state index is -1.04. The van der Waals surface area contributed by atoms with E-state index in [2.05, 4.69) is 0 Å². The van der Waals surface area contributed by atoms with Crippen LogP contribution in [0.4, 0.5) is 4.79 Å². The van der Waals surface area contributed by atoms with Crippen molar-refractivity contribution in [3.8, 4) is 11.5 Å². The first-order chi connectivity index (χ1) is 17.5. The number of carbonyl (C=O) groups is 4. The van der Waals surface area contributed by atoms with E-state index in [0.29, 0.717) is 18.4 Å². The minimum Gasteiger partial charge on any atom is -0.458 e. The van der Waals surface area contributed by atoms with Crippen LogP contribution in [0.25, 0.3) is 0 Å². The molecule has 0 fully saturated rings. The molecule has 0 heterocycles. The van der Waals surface area contributed by atoms with E-state index in [1.807, 2.05) is 20.8 Å². The maximum atomic E-state index is 12.5. The number of benzene rings is 1. The standard InChI is InChI=1S/C27H41NO9/c1-7-10-13-33-27(32)34-16-19(6)35-26(31)21(28)14-20-11-12-22(36-24(29)17(4)8-2)23(15-20)37-25(30)18(5)9-3/h11-12,15,17-19,21H,7-10,13-14,16,28H2,1-6H3/t17?,18?,19-,21-/m0/s1. The summed E-state index contributed by atoms with van der Waals surface area (Å²) < 4.78 is 26.1. The van der Waals surface area contributed by atoms with Gasteiger partial charge in [0, 0.05) is 0 Å². The van der Waals surface area contributed by atoms with Crippen molar-refractivity contribution in [1.29, 1.82) is 0 Å². The van der Waals surface area contributed by atoms with Gasteiger partial charge in [-0.1, -0.05) is 47.1 Å². The highest BCUT2D eigenvalue weighted by molar-refractivity contribution is 5.79. The van der Waals surface area contributed by atoms with Crippen LogP contribution in [-0.4, -0.2) is 49.4 Å². The van der Waals surface area contributed by atoms with Crippen LogP contribution in [0.5, 0.6) is 11.5 Å². The third kappa shape index (κ3) is 11.6. The van der Waals surface area contributed by atoms with Crippen molar-refractivity contribution in [2.45, 2.75) is 85.8 Å². The Hall–Kier alpha value is -3.14. The molecule has 0 amide bonds. The molecular weight excluding hydrogens is 482 g/mol. The van der Waals surface area contributed by atoms with Crippen LogP contribution >= 0.6 is 0 Å². The second-order valence-electron chi connectivity index (χ2n) is 9.06. The first kappa shape index (κ1) is 31.9. The summed E-state index contributed by atoms with van der Waals surface area (Å²) in [6.07, 6.45) is 1.30. The second kappa shape index (κ2) is 16.6. The molecule has 0 aromatic heterocycles. The summed E-state index contributed by atoms with van der Waals surface area (Å²) in [5.74, 6) is -2.10. The zero-order valence-corrected chi connectivity index (χ0v) is 22.7. The highest BCUT2D eigenvalue weighted by Gasteiger charge is 2.23. The quantitative estimate of drug-likeness (QED) is 0.200. The summed E-state index contributed by atoms with van der Waals surface area (Å²) in [5, 5.41) is 0. The van der Waals surface area contributed by atoms with Crippen LogP contribution in [0.3, 0.4) is 0 Å². The zero-order valence-electron chi connectivity index (χ0n) is 22.7. The Bertz CT molecular complexity index is 902. The van der Waals surface area contributed by atoms with E-state index < -0.39 is 36.2 Å². The number of hydrogen-bond acceptors (Lipinski definition) is 10. The van der Waals surface area contributed by atoms with E-state index in [-0.39, 0.29) is 43.0 Å². The van der Waals surface area contributed by atoms with E-state index in [4.69, 9.17) is 29.4 Å². The van der Waals surface area contributed by atoms with Gasteiger partial charge in [-0.25, -0.2) is 4.79 Å². The SMILES string of the molecule is CCCCOC(=O)OC[C@H](C)OC(=O)[C@@H](N)Cc1ccc(OC(=O)C(C)CC)c(OC(=O)C(C)CC)c1. The third-order valence-corrected chi connectivity index (χ3v) is 5.69. The molecule has 0 aliphatic carbocycles. The van der Waals surface area contributed by atoms with E-state index in [1.54, 1.807) is 26.8 Å². The molecule has 0 aliphatic heterocycles. The Labute approximate surface area is 219 Å². The molecule has 1 aromatic carbocycles. The van der Waals surface area contributed by atoms with E-state index in [9.17, 15) is 19.2 Å². The molecule has 4 atom stereocenters. The molecule has 37 heavy (non-hydrogen) atoms. The number of unbranched alkanes of at least 4 members (excludes halogenated alkanes) is 1. The van der Waals surface area contributed by atoms with Gasteiger partial charge in [-0.2, -0.15) is 0 Å². The molecule has 0 saturated carbocycles. The van der Waals surface area contributed by atoms with Crippen molar-refractivity contribution >= 4 is 24.1 Å². The number of hydrogen-bond donors (Lipinski definition) is 1. The lowest BCUT2D eigenvalue weighted by atomic mass is 10.1. The molecule has 10 nitrogen and oxygen atoms in total. The van der Waals surface area contributed by atoms with E-state index >= 15 is 0 Å². The van der Waals surface area contributed by atoms with Crippen molar-refractivity contribution in [3.63, 3.8) is 0 Å². The van der Waals surface area contributed by atoms with Gasteiger partial charge >= 0.3 is 24.1 Å². The van der Waals surface area contributed by atoms with Crippen LogP contribution in [0.2, 0.25) is 0 Å². The summed E-state index contributed by atoms with van der Waals surface area (Å²) in [4.78, 5) is 48.7. The second-order valence-corrected chi connectivity index (χ2v) is 9.06. The predicted molar refractivity (Wildman–Crippen MR) is 136 cm³/mol. The van der Waals surface area contributed by atoms with Crippen molar-refractivity contribution in [1.82, 2.24) is 0 Å². The summed E-state index contributed by atoms with van der Waals surface area (Å²) in [6, 6.07) is 3.62. The minimum absolute atomic E-state index is 0.0684. The van der Waals surface area contributed by atoms with Gasteiger partial charge in [-0.3, -0.25) is 14.4 Å². The molecule has 2 unspecified atom stereocenters. The highest BCUT2D eigenvalue weighted by Crippen LogP contribution is 2.31. The molecule has 0 saturated heterocycles. The van der Waals surface area contributed by atoms with Crippen LogP contribution in [0.1, 0.15) is 72.8 Å². The number of esters is 3. The lowest BCUT2D eigenvalue weighted by Gasteiger charge is -2.18. The monoisotopic (exact) mass is 523 g/mol. The fourth-order valence-electron chi connectivity index (χ4n) is 2.78. The van der Waals surface area contributed by atoms with Crippen molar-refractivity contribution < 1.29 is 42.9 Å². The van der Waals surface area contributed by atoms with Crippen molar-refractivity contribution in [2.24, 2.45) is 17.6 Å². The first-order valence-electron chi connectivity index (χ1n) is 12.8. The average molecular weight is 524 g/mol. The summed E-state index contributed by atoms with van der Waals surface area (Å²) in [6.45, 7) is 10.8. The van der Waals surface area contributed by atoms with E-state index in [1.165, 1.54) is 12.1 Å². The fraction of sp³-hybridized carbons (Fsp3) is 0.630. The molecule has 0 bridgehead atoms. The number of rotatable bonds is 15. The number of nitrogens with two attached hydrogens (primary N) is 1. The molecule has 0 aliphatic rings.